The molecule has 0 radical (unpaired) electrons. The van der Waals surface area contributed by atoms with E-state index in [0.717, 1.165) is 37.2 Å². The normalized spacial score (nSPS) is 30.9. The van der Waals surface area contributed by atoms with Crippen molar-refractivity contribution in [3.8, 4) is 0 Å². The third-order valence-corrected chi connectivity index (χ3v) is 5.38. The average Bonchev–Trinajstić information content (AvgIpc) is 3.08. The number of hydrogen-bond donors (Lipinski definition) is 0. The quantitative estimate of drug-likeness (QED) is 0.799. The van der Waals surface area contributed by atoms with Crippen LogP contribution >= 0.6 is 11.8 Å². The minimum absolute atomic E-state index is 0.0640. The third-order valence-electron chi connectivity index (χ3n) is 4.15. The molecule has 0 aliphatic carbocycles. The predicted octanol–water partition coefficient (Wildman–Crippen LogP) is 2.70. The summed E-state index contributed by atoms with van der Waals surface area (Å²) >= 11 is 1.98. The molecule has 0 amide bonds. The summed E-state index contributed by atoms with van der Waals surface area (Å²) < 4.78 is 8.01. The fraction of sp³-hybridized carbons (Fsp3) is 0.714. The molecule has 0 bridgehead atoms. The summed E-state index contributed by atoms with van der Waals surface area (Å²) in [6.45, 7) is 2.70. The van der Waals surface area contributed by atoms with Crippen molar-refractivity contribution in [3.05, 3.63) is 18.0 Å². The molecule has 1 spiro atoms. The van der Waals surface area contributed by atoms with Gasteiger partial charge in [-0.05, 0) is 25.0 Å². The highest BCUT2D eigenvalue weighted by Gasteiger charge is 2.41. The minimum Gasteiger partial charge on any atom is -0.374 e. The molecule has 1 aromatic heterocycles. The van der Waals surface area contributed by atoms with E-state index in [9.17, 15) is 4.79 Å². The molecular weight excluding hydrogens is 260 g/mol. The Morgan fingerprint density at radius 2 is 2.58 bits per heavy atom. The smallest absolute Gasteiger partial charge is 0.165 e. The first-order chi connectivity index (χ1) is 9.22. The molecule has 2 aliphatic rings. The summed E-state index contributed by atoms with van der Waals surface area (Å²) in [4.78, 5) is 11.7. The monoisotopic (exact) mass is 280 g/mol. The van der Waals surface area contributed by atoms with Crippen molar-refractivity contribution < 1.29 is 9.53 Å². The van der Waals surface area contributed by atoms with Gasteiger partial charge in [0.15, 0.2) is 5.78 Å². The largest absolute Gasteiger partial charge is 0.374 e. The number of ketones is 1. The van der Waals surface area contributed by atoms with Gasteiger partial charge >= 0.3 is 0 Å². The first kappa shape index (κ1) is 13.2. The number of carbonyl (C=O) groups is 1. The predicted molar refractivity (Wildman–Crippen MR) is 75.7 cm³/mol. The molecule has 3 heterocycles. The van der Waals surface area contributed by atoms with Gasteiger partial charge in [0.05, 0.1) is 23.4 Å². The SMILES string of the molecule is CCC(=O)c1cnn(C2CCOC3(CCSC3)C2)c1. The van der Waals surface area contributed by atoms with Crippen molar-refractivity contribution in [3.63, 3.8) is 0 Å². The van der Waals surface area contributed by atoms with Crippen LogP contribution in [0, 0.1) is 0 Å². The Kier molecular flexibility index (Phi) is 3.67. The van der Waals surface area contributed by atoms with E-state index in [2.05, 4.69) is 5.10 Å². The number of rotatable bonds is 3. The van der Waals surface area contributed by atoms with E-state index >= 15 is 0 Å². The third kappa shape index (κ3) is 2.58. The van der Waals surface area contributed by atoms with Gasteiger partial charge in [-0.15, -0.1) is 0 Å². The van der Waals surface area contributed by atoms with Gasteiger partial charge in [-0.3, -0.25) is 9.48 Å². The van der Waals surface area contributed by atoms with E-state index in [4.69, 9.17) is 4.74 Å². The van der Waals surface area contributed by atoms with Crippen LogP contribution in [0.5, 0.6) is 0 Å². The van der Waals surface area contributed by atoms with Gasteiger partial charge in [0.2, 0.25) is 0 Å². The van der Waals surface area contributed by atoms with E-state index in [1.165, 1.54) is 5.75 Å². The molecule has 2 unspecified atom stereocenters. The van der Waals surface area contributed by atoms with Crippen LogP contribution in [0.3, 0.4) is 0 Å². The molecule has 1 aromatic rings. The van der Waals surface area contributed by atoms with Gasteiger partial charge in [-0.1, -0.05) is 6.92 Å². The van der Waals surface area contributed by atoms with Crippen LogP contribution in [-0.4, -0.2) is 39.3 Å². The van der Waals surface area contributed by atoms with Crippen LogP contribution in [0.2, 0.25) is 0 Å². The fourth-order valence-corrected chi connectivity index (χ4v) is 4.36. The molecule has 5 heteroatoms. The lowest BCUT2D eigenvalue weighted by Gasteiger charge is -2.37. The van der Waals surface area contributed by atoms with Crippen molar-refractivity contribution in [2.75, 3.05) is 18.1 Å². The Bertz CT molecular complexity index is 466. The maximum Gasteiger partial charge on any atom is 0.165 e. The summed E-state index contributed by atoms with van der Waals surface area (Å²) in [6, 6.07) is 0.380. The number of Topliss-reactive ketones (excluding diaryl/α,β-unsaturated/α-hetero) is 1. The van der Waals surface area contributed by atoms with Crippen molar-refractivity contribution in [2.24, 2.45) is 0 Å². The lowest BCUT2D eigenvalue weighted by Crippen LogP contribution is -2.40. The molecule has 2 atom stereocenters. The average molecular weight is 280 g/mol. The van der Waals surface area contributed by atoms with Gasteiger partial charge in [0, 0.05) is 25.0 Å². The molecule has 4 nitrogen and oxygen atoms in total. The number of hydrogen-bond acceptors (Lipinski definition) is 4. The lowest BCUT2D eigenvalue weighted by atomic mass is 9.90. The molecule has 104 valence electrons. The Morgan fingerprint density at radius 1 is 1.68 bits per heavy atom. The lowest BCUT2D eigenvalue weighted by molar-refractivity contribution is -0.0778. The second kappa shape index (κ2) is 5.29. The van der Waals surface area contributed by atoms with E-state index in [0.29, 0.717) is 12.5 Å². The molecule has 0 saturated carbocycles. The number of thioether (sulfide) groups is 1. The van der Waals surface area contributed by atoms with Gasteiger partial charge in [-0.25, -0.2) is 0 Å². The number of carbonyl (C=O) groups excluding carboxylic acids is 1. The summed E-state index contributed by atoms with van der Waals surface area (Å²) in [7, 11) is 0. The van der Waals surface area contributed by atoms with E-state index in [-0.39, 0.29) is 11.4 Å². The van der Waals surface area contributed by atoms with Crippen molar-refractivity contribution in [1.82, 2.24) is 9.78 Å². The second-order valence-corrected chi connectivity index (χ2v) is 6.57. The van der Waals surface area contributed by atoms with Crippen LogP contribution in [-0.2, 0) is 4.74 Å². The number of nitrogens with zero attached hydrogens (tertiary/aromatic N) is 2. The maximum absolute atomic E-state index is 11.7. The zero-order valence-corrected chi connectivity index (χ0v) is 12.1. The van der Waals surface area contributed by atoms with Crippen LogP contribution in [0.25, 0.3) is 0 Å². The molecule has 2 saturated heterocycles. The standard InChI is InChI=1S/C14H20N2O2S/c1-2-13(17)11-8-15-16(9-11)12-3-5-18-14(7-12)4-6-19-10-14/h8-9,12H,2-7,10H2,1H3. The topological polar surface area (TPSA) is 44.1 Å². The van der Waals surface area contributed by atoms with Crippen LogP contribution in [0.4, 0.5) is 0 Å². The van der Waals surface area contributed by atoms with Gasteiger partial charge < -0.3 is 4.74 Å². The number of ether oxygens (including phenoxy) is 1. The number of aromatic nitrogens is 2. The van der Waals surface area contributed by atoms with Gasteiger partial charge in [0.1, 0.15) is 0 Å². The summed E-state index contributed by atoms with van der Waals surface area (Å²) in [5, 5.41) is 4.40. The Morgan fingerprint density at radius 3 is 3.32 bits per heavy atom. The van der Waals surface area contributed by atoms with Crippen molar-refractivity contribution >= 4 is 17.5 Å². The molecule has 3 rings (SSSR count). The highest BCUT2D eigenvalue weighted by Crippen LogP contribution is 2.41. The molecular formula is C14H20N2O2S. The zero-order valence-electron chi connectivity index (χ0n) is 11.3. The summed E-state index contributed by atoms with van der Waals surface area (Å²) in [6.07, 6.45) is 7.33. The summed E-state index contributed by atoms with van der Waals surface area (Å²) in [5.41, 5.74) is 0.804. The highest BCUT2D eigenvalue weighted by molar-refractivity contribution is 7.99. The van der Waals surface area contributed by atoms with E-state index < -0.39 is 0 Å². The maximum atomic E-state index is 11.7. The van der Waals surface area contributed by atoms with E-state index in [1.54, 1.807) is 6.20 Å². The first-order valence-corrected chi connectivity index (χ1v) is 8.17. The van der Waals surface area contributed by atoms with Crippen LogP contribution in [0.15, 0.2) is 12.4 Å². The minimum atomic E-state index is 0.0640. The molecule has 0 N–H and O–H groups in total. The molecule has 2 aliphatic heterocycles. The van der Waals surface area contributed by atoms with E-state index in [1.807, 2.05) is 29.6 Å². The van der Waals surface area contributed by atoms with Crippen molar-refractivity contribution in [2.45, 2.75) is 44.2 Å². The van der Waals surface area contributed by atoms with Crippen LogP contribution in [0.1, 0.15) is 49.0 Å². The molecule has 2 fully saturated rings. The highest BCUT2D eigenvalue weighted by atomic mass is 32.2. The Balaban J connectivity index is 1.74. The van der Waals surface area contributed by atoms with Crippen LogP contribution < -0.4 is 0 Å². The molecule has 0 aromatic carbocycles. The fourth-order valence-electron chi connectivity index (χ4n) is 2.98. The van der Waals surface area contributed by atoms with Crippen molar-refractivity contribution in [1.29, 1.82) is 0 Å². The molecule has 19 heavy (non-hydrogen) atoms. The summed E-state index contributed by atoms with van der Waals surface area (Å²) in [5.74, 6) is 2.47. The zero-order chi connectivity index (χ0) is 13.3. The van der Waals surface area contributed by atoms with Gasteiger partial charge in [-0.2, -0.15) is 16.9 Å². The van der Waals surface area contributed by atoms with Gasteiger partial charge in [0.25, 0.3) is 0 Å². The first-order valence-electron chi connectivity index (χ1n) is 7.01. The second-order valence-electron chi connectivity index (χ2n) is 5.47. The Labute approximate surface area is 117 Å². The Hall–Kier alpha value is -0.810.